The van der Waals surface area contributed by atoms with Gasteiger partial charge in [-0.1, -0.05) is 24.3 Å². The summed E-state index contributed by atoms with van der Waals surface area (Å²) in [5.74, 6) is -0.469. The maximum Gasteiger partial charge on any atom is 0.345 e. The summed E-state index contributed by atoms with van der Waals surface area (Å²) < 4.78 is 10.3. The number of carbonyl (C=O) groups is 2. The molecule has 0 bridgehead atoms. The quantitative estimate of drug-likeness (QED) is 0.384. The van der Waals surface area contributed by atoms with Gasteiger partial charge in [-0.3, -0.25) is 14.9 Å². The first-order valence-corrected chi connectivity index (χ1v) is 9.24. The molecule has 3 rings (SSSR count). The Hall–Kier alpha value is -3.42. The van der Waals surface area contributed by atoms with Crippen LogP contribution in [0.4, 0.5) is 5.69 Å². The highest BCUT2D eigenvalue weighted by Gasteiger charge is 2.33. The molecule has 0 N–H and O–H groups in total. The van der Waals surface area contributed by atoms with Crippen LogP contribution in [0.2, 0.25) is 0 Å². The fraction of sp³-hybridized carbons (Fsp3) is 0.333. The standard InChI is InChI=1S/C21H22N2O6/c1-14-4-3-5-18(23(26)27)20(14)21(25)29-13-19(24)22(16-8-9-16)12-15-6-10-17(28-2)11-7-15/h3-7,10-11,16H,8-9,12-13H2,1-2H3. The Balaban J connectivity index is 1.66. The van der Waals surface area contributed by atoms with E-state index in [1.165, 1.54) is 12.1 Å². The highest BCUT2D eigenvalue weighted by molar-refractivity contribution is 5.96. The molecule has 1 aliphatic carbocycles. The third-order valence-corrected chi connectivity index (χ3v) is 4.80. The van der Waals surface area contributed by atoms with Crippen molar-refractivity contribution in [1.29, 1.82) is 0 Å². The molecule has 1 fully saturated rings. The molecule has 0 spiro atoms. The van der Waals surface area contributed by atoms with Gasteiger partial charge in [-0.15, -0.1) is 0 Å². The molecule has 8 heteroatoms. The van der Waals surface area contributed by atoms with Crippen molar-refractivity contribution in [2.24, 2.45) is 0 Å². The van der Waals surface area contributed by atoms with Gasteiger partial charge in [-0.2, -0.15) is 0 Å². The first-order chi connectivity index (χ1) is 13.9. The van der Waals surface area contributed by atoms with Crippen molar-refractivity contribution in [2.75, 3.05) is 13.7 Å². The Morgan fingerprint density at radius 2 is 1.86 bits per heavy atom. The Kier molecular flexibility index (Phi) is 6.11. The van der Waals surface area contributed by atoms with Crippen LogP contribution >= 0.6 is 0 Å². The van der Waals surface area contributed by atoms with Crippen molar-refractivity contribution in [1.82, 2.24) is 4.90 Å². The Morgan fingerprint density at radius 3 is 2.45 bits per heavy atom. The number of esters is 1. The SMILES string of the molecule is COc1ccc(CN(C(=O)COC(=O)c2c(C)cccc2[N+](=O)[O-])C2CC2)cc1. The number of hydrogen-bond acceptors (Lipinski definition) is 6. The van der Waals surface area contributed by atoms with Crippen LogP contribution in [0.1, 0.15) is 34.3 Å². The zero-order valence-corrected chi connectivity index (χ0v) is 16.3. The number of carbonyl (C=O) groups excluding carboxylic acids is 2. The van der Waals surface area contributed by atoms with Crippen LogP contribution in [-0.2, 0) is 16.1 Å². The second-order valence-corrected chi connectivity index (χ2v) is 6.90. The lowest BCUT2D eigenvalue weighted by Crippen LogP contribution is -2.36. The molecule has 0 unspecified atom stereocenters. The van der Waals surface area contributed by atoms with E-state index in [-0.39, 0.29) is 23.2 Å². The minimum atomic E-state index is -0.872. The van der Waals surface area contributed by atoms with Crippen molar-refractivity contribution in [3.05, 3.63) is 69.3 Å². The molecule has 0 atom stereocenters. The minimum absolute atomic E-state index is 0.121. The van der Waals surface area contributed by atoms with E-state index in [1.807, 2.05) is 24.3 Å². The molecule has 0 saturated heterocycles. The van der Waals surface area contributed by atoms with E-state index in [0.29, 0.717) is 12.1 Å². The second kappa shape index (κ2) is 8.72. The van der Waals surface area contributed by atoms with Crippen molar-refractivity contribution in [3.63, 3.8) is 0 Å². The number of aryl methyl sites for hydroxylation is 1. The van der Waals surface area contributed by atoms with Gasteiger partial charge >= 0.3 is 5.97 Å². The summed E-state index contributed by atoms with van der Waals surface area (Å²) >= 11 is 0. The number of nitro benzene ring substituents is 1. The summed E-state index contributed by atoms with van der Waals surface area (Å²) in [6.07, 6.45) is 1.80. The first kappa shape index (κ1) is 20.3. The molecule has 1 aliphatic rings. The highest BCUT2D eigenvalue weighted by atomic mass is 16.6. The van der Waals surface area contributed by atoms with E-state index in [9.17, 15) is 19.7 Å². The van der Waals surface area contributed by atoms with Crippen molar-refractivity contribution < 1.29 is 24.0 Å². The normalized spacial score (nSPS) is 12.9. The van der Waals surface area contributed by atoms with Gasteiger partial charge in [-0.25, -0.2) is 4.79 Å². The van der Waals surface area contributed by atoms with E-state index >= 15 is 0 Å². The highest BCUT2D eigenvalue weighted by Crippen LogP contribution is 2.29. The molecule has 0 radical (unpaired) electrons. The summed E-state index contributed by atoms with van der Waals surface area (Å²) in [5.41, 5.74) is 0.902. The lowest BCUT2D eigenvalue weighted by Gasteiger charge is -2.22. The molecule has 0 aliphatic heterocycles. The van der Waals surface area contributed by atoms with Gasteiger partial charge in [0.25, 0.3) is 11.6 Å². The Bertz CT molecular complexity index is 921. The molecule has 2 aromatic rings. The number of methoxy groups -OCH3 is 1. The maximum atomic E-state index is 12.7. The lowest BCUT2D eigenvalue weighted by atomic mass is 10.1. The molecular weight excluding hydrogens is 376 g/mol. The smallest absolute Gasteiger partial charge is 0.345 e. The number of amides is 1. The molecule has 29 heavy (non-hydrogen) atoms. The fourth-order valence-corrected chi connectivity index (χ4v) is 3.09. The van der Waals surface area contributed by atoms with Crippen LogP contribution in [-0.4, -0.2) is 41.5 Å². The number of hydrogen-bond donors (Lipinski definition) is 0. The largest absolute Gasteiger partial charge is 0.497 e. The van der Waals surface area contributed by atoms with E-state index in [2.05, 4.69) is 0 Å². The van der Waals surface area contributed by atoms with Gasteiger partial charge in [0.1, 0.15) is 11.3 Å². The fourth-order valence-electron chi connectivity index (χ4n) is 3.09. The van der Waals surface area contributed by atoms with E-state index in [0.717, 1.165) is 24.2 Å². The lowest BCUT2D eigenvalue weighted by molar-refractivity contribution is -0.385. The third-order valence-electron chi connectivity index (χ3n) is 4.80. The number of nitrogens with zero attached hydrogens (tertiary/aromatic N) is 2. The molecule has 0 heterocycles. The molecular formula is C21H22N2O6. The Labute approximate surface area is 168 Å². The summed E-state index contributed by atoms with van der Waals surface area (Å²) in [6, 6.07) is 11.9. The van der Waals surface area contributed by atoms with Gasteiger partial charge in [0, 0.05) is 18.7 Å². The minimum Gasteiger partial charge on any atom is -0.497 e. The molecule has 2 aromatic carbocycles. The number of ether oxygens (including phenoxy) is 2. The van der Waals surface area contributed by atoms with Crippen LogP contribution in [0.15, 0.2) is 42.5 Å². The van der Waals surface area contributed by atoms with Crippen LogP contribution in [0.3, 0.4) is 0 Å². The zero-order valence-electron chi connectivity index (χ0n) is 16.3. The van der Waals surface area contributed by atoms with Crippen LogP contribution in [0.5, 0.6) is 5.75 Å². The zero-order chi connectivity index (χ0) is 21.0. The van der Waals surface area contributed by atoms with Gasteiger partial charge in [0.15, 0.2) is 6.61 Å². The van der Waals surface area contributed by atoms with Crippen molar-refractivity contribution in [2.45, 2.75) is 32.4 Å². The summed E-state index contributed by atoms with van der Waals surface area (Å²) in [7, 11) is 1.59. The predicted octanol–water partition coefficient (Wildman–Crippen LogP) is 3.26. The maximum absolute atomic E-state index is 12.7. The molecule has 0 aromatic heterocycles. The molecule has 1 saturated carbocycles. The summed E-state index contributed by atoms with van der Waals surface area (Å²) in [4.78, 5) is 37.3. The van der Waals surface area contributed by atoms with Gasteiger partial charge < -0.3 is 14.4 Å². The predicted molar refractivity (Wildman–Crippen MR) is 105 cm³/mol. The number of rotatable bonds is 8. The second-order valence-electron chi connectivity index (χ2n) is 6.90. The molecule has 8 nitrogen and oxygen atoms in total. The average molecular weight is 398 g/mol. The van der Waals surface area contributed by atoms with Gasteiger partial charge in [-0.05, 0) is 43.0 Å². The van der Waals surface area contributed by atoms with Crippen LogP contribution in [0.25, 0.3) is 0 Å². The van der Waals surface area contributed by atoms with Crippen molar-refractivity contribution in [3.8, 4) is 5.75 Å². The number of benzene rings is 2. The third kappa shape index (κ3) is 4.90. The summed E-state index contributed by atoms with van der Waals surface area (Å²) in [5, 5.41) is 11.2. The van der Waals surface area contributed by atoms with E-state index in [4.69, 9.17) is 9.47 Å². The van der Waals surface area contributed by atoms with E-state index < -0.39 is 17.5 Å². The van der Waals surface area contributed by atoms with E-state index in [1.54, 1.807) is 25.0 Å². The van der Waals surface area contributed by atoms with Crippen LogP contribution < -0.4 is 4.74 Å². The molecule has 152 valence electrons. The average Bonchev–Trinajstić information content (AvgIpc) is 3.55. The summed E-state index contributed by atoms with van der Waals surface area (Å²) in [6.45, 7) is 1.53. The number of nitro groups is 1. The first-order valence-electron chi connectivity index (χ1n) is 9.24. The van der Waals surface area contributed by atoms with Crippen molar-refractivity contribution >= 4 is 17.6 Å². The van der Waals surface area contributed by atoms with Crippen LogP contribution in [0, 0.1) is 17.0 Å². The molecule has 1 amide bonds. The topological polar surface area (TPSA) is 99.0 Å². The monoisotopic (exact) mass is 398 g/mol. The Morgan fingerprint density at radius 1 is 1.17 bits per heavy atom. The van der Waals surface area contributed by atoms with Gasteiger partial charge in [0.05, 0.1) is 12.0 Å². The van der Waals surface area contributed by atoms with Gasteiger partial charge in [0.2, 0.25) is 0 Å².